The predicted octanol–water partition coefficient (Wildman–Crippen LogP) is -0.0123. The summed E-state index contributed by atoms with van der Waals surface area (Å²) in [4.78, 5) is 63.5. The zero-order valence-corrected chi connectivity index (χ0v) is 19.6. The number of nitrogens with zero attached hydrogens (tertiary/aromatic N) is 1. The number of carbonyl (C=O) groups excluding carboxylic acids is 5. The van der Waals surface area contributed by atoms with Crippen LogP contribution in [-0.4, -0.2) is 86.0 Å². The van der Waals surface area contributed by atoms with Crippen molar-refractivity contribution in [1.82, 2.24) is 0 Å². The lowest BCUT2D eigenvalue weighted by Gasteiger charge is -2.42. The van der Waals surface area contributed by atoms with Crippen LogP contribution in [0, 0.1) is 0 Å². The van der Waals surface area contributed by atoms with Crippen LogP contribution in [0.2, 0.25) is 0 Å². The molecule has 0 amide bonds. The van der Waals surface area contributed by atoms with Crippen molar-refractivity contribution in [1.29, 1.82) is 0 Å². The predicted molar refractivity (Wildman–Crippen MR) is 110 cm³/mol. The van der Waals surface area contributed by atoms with E-state index in [0.29, 0.717) is 0 Å². The average molecular weight is 485 g/mol. The third kappa shape index (κ3) is 6.45. The SMILES string of the molecule is COC(=O)C1=C[C@@]2(COC(C)=O)OC(C)=N[C@H]2[C@H]([C@H](OC(C)=O)[C@@H](COC(C)=O)OC(C)=O)O1. The summed E-state index contributed by atoms with van der Waals surface area (Å²) in [7, 11) is 1.12. The van der Waals surface area contributed by atoms with Gasteiger partial charge in [-0.05, 0) is 0 Å². The van der Waals surface area contributed by atoms with Crippen LogP contribution in [0.15, 0.2) is 16.8 Å². The summed E-state index contributed by atoms with van der Waals surface area (Å²) >= 11 is 0. The molecule has 0 aromatic rings. The van der Waals surface area contributed by atoms with Gasteiger partial charge in [-0.3, -0.25) is 19.2 Å². The molecule has 0 radical (unpaired) electrons. The molecular weight excluding hydrogens is 458 g/mol. The maximum atomic E-state index is 12.4. The Bertz CT molecular complexity index is 909. The maximum absolute atomic E-state index is 12.4. The molecule has 0 aromatic carbocycles. The second-order valence-electron chi connectivity index (χ2n) is 7.54. The van der Waals surface area contributed by atoms with Gasteiger partial charge in [-0.15, -0.1) is 0 Å². The average Bonchev–Trinajstić information content (AvgIpc) is 3.08. The van der Waals surface area contributed by atoms with E-state index in [-0.39, 0.29) is 18.3 Å². The summed E-state index contributed by atoms with van der Waals surface area (Å²) in [5, 5.41) is 0. The molecule has 0 aromatic heterocycles. The molecule has 0 aliphatic carbocycles. The van der Waals surface area contributed by atoms with E-state index >= 15 is 0 Å². The van der Waals surface area contributed by atoms with Crippen molar-refractivity contribution in [2.45, 2.75) is 64.6 Å². The van der Waals surface area contributed by atoms with Crippen LogP contribution in [0.1, 0.15) is 34.6 Å². The van der Waals surface area contributed by atoms with Gasteiger partial charge in [-0.1, -0.05) is 0 Å². The van der Waals surface area contributed by atoms with Crippen molar-refractivity contribution in [2.24, 2.45) is 4.99 Å². The van der Waals surface area contributed by atoms with Crippen LogP contribution >= 0.6 is 0 Å². The van der Waals surface area contributed by atoms with Gasteiger partial charge in [0.05, 0.1) is 7.11 Å². The fraction of sp³-hybridized carbons (Fsp3) is 0.619. The van der Waals surface area contributed by atoms with E-state index in [9.17, 15) is 24.0 Å². The highest BCUT2D eigenvalue weighted by Crippen LogP contribution is 2.40. The standard InChI is InChI=1S/C21H27NO12/c1-10-22-19-18(17(32-14(5)26)16(31-13(4)25)8-29-11(2)23)33-15(20(27)28-6)7-21(19,34-10)9-30-12(3)24/h7,16-19H,8-9H2,1-6H3/t16-,17-,18+,19+,21+/m1/s1. The van der Waals surface area contributed by atoms with Gasteiger partial charge in [0.25, 0.3) is 0 Å². The van der Waals surface area contributed by atoms with Crippen molar-refractivity contribution < 1.29 is 57.1 Å². The molecule has 34 heavy (non-hydrogen) atoms. The molecule has 2 heterocycles. The fourth-order valence-electron chi connectivity index (χ4n) is 3.58. The van der Waals surface area contributed by atoms with Gasteiger partial charge in [0.1, 0.15) is 19.3 Å². The van der Waals surface area contributed by atoms with Gasteiger partial charge in [0.15, 0.2) is 29.8 Å². The summed E-state index contributed by atoms with van der Waals surface area (Å²) in [6.45, 7) is 5.21. The number of ether oxygens (including phenoxy) is 7. The summed E-state index contributed by atoms with van der Waals surface area (Å²) in [5.41, 5.74) is -1.53. The highest BCUT2D eigenvalue weighted by molar-refractivity contribution is 5.87. The first-order valence-corrected chi connectivity index (χ1v) is 10.2. The Kier molecular flexibility index (Phi) is 8.60. The molecule has 0 N–H and O–H groups in total. The first-order chi connectivity index (χ1) is 15.9. The van der Waals surface area contributed by atoms with E-state index < -0.39 is 66.4 Å². The third-order valence-electron chi connectivity index (χ3n) is 4.76. The zero-order chi connectivity index (χ0) is 25.6. The van der Waals surface area contributed by atoms with Crippen LogP contribution in [0.25, 0.3) is 0 Å². The van der Waals surface area contributed by atoms with Gasteiger partial charge in [-0.2, -0.15) is 0 Å². The van der Waals surface area contributed by atoms with E-state index in [1.165, 1.54) is 19.9 Å². The Labute approximate surface area is 195 Å². The molecule has 2 aliphatic heterocycles. The highest BCUT2D eigenvalue weighted by Gasteiger charge is 2.58. The number of hydrogen-bond acceptors (Lipinski definition) is 13. The second kappa shape index (κ2) is 11.0. The van der Waals surface area contributed by atoms with Crippen LogP contribution in [0.3, 0.4) is 0 Å². The molecule has 0 saturated heterocycles. The van der Waals surface area contributed by atoms with Crippen molar-refractivity contribution in [2.75, 3.05) is 20.3 Å². The fourth-order valence-corrected chi connectivity index (χ4v) is 3.58. The summed E-state index contributed by atoms with van der Waals surface area (Å²) in [6, 6.07) is -1.03. The molecule has 0 unspecified atom stereocenters. The molecule has 0 spiro atoms. The van der Waals surface area contributed by atoms with E-state index in [1.807, 2.05) is 0 Å². The molecule has 2 rings (SSSR count). The van der Waals surface area contributed by atoms with Gasteiger partial charge in [0, 0.05) is 40.7 Å². The lowest BCUT2D eigenvalue weighted by molar-refractivity contribution is -0.191. The molecule has 0 saturated carbocycles. The van der Waals surface area contributed by atoms with Gasteiger partial charge < -0.3 is 33.2 Å². The monoisotopic (exact) mass is 485 g/mol. The second-order valence-corrected chi connectivity index (χ2v) is 7.54. The Balaban J connectivity index is 2.60. The minimum Gasteiger partial charge on any atom is -0.477 e. The number of aliphatic imine (C=N–C) groups is 1. The minimum absolute atomic E-state index is 0.165. The lowest BCUT2D eigenvalue weighted by atomic mass is 9.84. The Morgan fingerprint density at radius 3 is 2.15 bits per heavy atom. The van der Waals surface area contributed by atoms with Crippen LogP contribution in [0.4, 0.5) is 0 Å². The molecule has 0 fully saturated rings. The van der Waals surface area contributed by atoms with E-state index in [2.05, 4.69) is 4.99 Å². The minimum atomic E-state index is -1.53. The van der Waals surface area contributed by atoms with E-state index in [4.69, 9.17) is 33.2 Å². The third-order valence-corrected chi connectivity index (χ3v) is 4.76. The number of esters is 5. The van der Waals surface area contributed by atoms with Crippen molar-refractivity contribution in [3.63, 3.8) is 0 Å². The number of hydrogen-bond donors (Lipinski definition) is 0. The Hall–Kier alpha value is -3.64. The highest BCUT2D eigenvalue weighted by atomic mass is 16.6. The van der Waals surface area contributed by atoms with E-state index in [1.54, 1.807) is 0 Å². The number of carbonyl (C=O) groups is 5. The number of fused-ring (bicyclic) bond motifs is 1. The van der Waals surface area contributed by atoms with Crippen LogP contribution in [0.5, 0.6) is 0 Å². The van der Waals surface area contributed by atoms with Crippen molar-refractivity contribution in [3.8, 4) is 0 Å². The largest absolute Gasteiger partial charge is 0.477 e. The molecule has 0 bridgehead atoms. The summed E-state index contributed by atoms with van der Waals surface area (Å²) < 4.78 is 37.2. The van der Waals surface area contributed by atoms with E-state index in [0.717, 1.165) is 27.9 Å². The molecule has 13 nitrogen and oxygen atoms in total. The molecule has 2 aliphatic rings. The van der Waals surface area contributed by atoms with Gasteiger partial charge >= 0.3 is 29.8 Å². The van der Waals surface area contributed by atoms with Gasteiger partial charge in [-0.25, -0.2) is 9.79 Å². The Morgan fingerprint density at radius 2 is 1.62 bits per heavy atom. The first kappa shape index (κ1) is 26.6. The van der Waals surface area contributed by atoms with Gasteiger partial charge in [0.2, 0.25) is 5.76 Å². The maximum Gasteiger partial charge on any atom is 0.373 e. The summed E-state index contributed by atoms with van der Waals surface area (Å²) in [6.07, 6.45) is -2.81. The smallest absolute Gasteiger partial charge is 0.373 e. The number of methoxy groups -OCH3 is 1. The Morgan fingerprint density at radius 1 is 1.00 bits per heavy atom. The molecule has 13 heteroatoms. The van der Waals surface area contributed by atoms with Crippen molar-refractivity contribution in [3.05, 3.63) is 11.8 Å². The normalized spacial score (nSPS) is 24.5. The zero-order valence-electron chi connectivity index (χ0n) is 19.6. The summed E-state index contributed by atoms with van der Waals surface area (Å²) in [5.74, 6) is -3.92. The number of rotatable bonds is 9. The lowest BCUT2D eigenvalue weighted by Crippen LogP contribution is -2.60. The van der Waals surface area contributed by atoms with Crippen molar-refractivity contribution >= 4 is 35.7 Å². The molecule has 5 atom stereocenters. The molecule has 188 valence electrons. The van der Waals surface area contributed by atoms with Crippen LogP contribution in [-0.2, 0) is 57.1 Å². The quantitative estimate of drug-likeness (QED) is 0.317. The van der Waals surface area contributed by atoms with Crippen LogP contribution < -0.4 is 0 Å². The first-order valence-electron chi connectivity index (χ1n) is 10.2. The molecular formula is C21H27NO12. The topological polar surface area (TPSA) is 162 Å².